The number of rotatable bonds is 4. The maximum atomic E-state index is 11.8. The molecule has 3 aliphatic heterocycles. The number of allylic oxidation sites excluding steroid dienone is 1. The van der Waals surface area contributed by atoms with Crippen LogP contribution in [0.5, 0.6) is 5.75 Å². The van der Waals surface area contributed by atoms with Gasteiger partial charge in [0.2, 0.25) is 0 Å². The molecule has 1 aromatic rings. The van der Waals surface area contributed by atoms with Crippen molar-refractivity contribution in [1.29, 1.82) is 0 Å². The summed E-state index contributed by atoms with van der Waals surface area (Å²) in [7, 11) is 1.69. The van der Waals surface area contributed by atoms with Gasteiger partial charge in [-0.1, -0.05) is 19.4 Å². The number of carbonyl (C=O) groups excluding carboxylic acids is 1. The molecule has 0 bridgehead atoms. The molecule has 0 spiro atoms. The molecule has 4 rings (SSSR count). The first-order valence-corrected chi connectivity index (χ1v) is 10.5. The summed E-state index contributed by atoms with van der Waals surface area (Å²) in [5.41, 5.74) is 2.21. The van der Waals surface area contributed by atoms with Gasteiger partial charge in [-0.3, -0.25) is 14.7 Å². The highest BCUT2D eigenvalue weighted by molar-refractivity contribution is 6.05. The Balaban J connectivity index is 1.71. The predicted octanol–water partition coefficient (Wildman–Crippen LogP) is 3.56. The van der Waals surface area contributed by atoms with Crippen molar-refractivity contribution in [2.75, 3.05) is 20.2 Å². The molecular weight excluding hydrogens is 368 g/mol. The van der Waals surface area contributed by atoms with Gasteiger partial charge in [-0.05, 0) is 49.3 Å². The van der Waals surface area contributed by atoms with E-state index in [4.69, 9.17) is 14.5 Å². The van der Waals surface area contributed by atoms with Gasteiger partial charge in [0.15, 0.2) is 0 Å². The van der Waals surface area contributed by atoms with E-state index in [1.54, 1.807) is 13.2 Å². The van der Waals surface area contributed by atoms with Crippen molar-refractivity contribution >= 4 is 17.4 Å². The molecule has 0 saturated carbocycles. The van der Waals surface area contributed by atoms with Crippen molar-refractivity contribution in [2.45, 2.75) is 51.7 Å². The first-order valence-electron chi connectivity index (χ1n) is 10.5. The van der Waals surface area contributed by atoms with Crippen LogP contribution in [0.4, 0.5) is 5.69 Å². The summed E-state index contributed by atoms with van der Waals surface area (Å²) in [6.45, 7) is 7.54. The molecule has 29 heavy (non-hydrogen) atoms. The summed E-state index contributed by atoms with van der Waals surface area (Å²) in [6.07, 6.45) is 4.42. The highest BCUT2D eigenvalue weighted by atomic mass is 16.5. The second kappa shape index (κ2) is 7.58. The maximum Gasteiger partial charge on any atom is 0.308 e. The molecule has 6 nitrogen and oxygen atoms in total. The number of fused-ring (bicyclic) bond motifs is 5. The highest BCUT2D eigenvalue weighted by Crippen LogP contribution is 2.51. The zero-order valence-electron chi connectivity index (χ0n) is 17.6. The fourth-order valence-corrected chi connectivity index (χ4v) is 5.44. The zero-order chi connectivity index (χ0) is 20.8. The third-order valence-corrected chi connectivity index (χ3v) is 6.78. The van der Waals surface area contributed by atoms with Gasteiger partial charge in [0, 0.05) is 20.0 Å². The molecule has 0 radical (unpaired) electrons. The smallest absolute Gasteiger partial charge is 0.308 e. The normalized spacial score (nSPS) is 31.4. The van der Waals surface area contributed by atoms with Gasteiger partial charge in [-0.25, -0.2) is 0 Å². The molecule has 1 aromatic carbocycles. The third kappa shape index (κ3) is 3.28. The molecule has 0 unspecified atom stereocenters. The van der Waals surface area contributed by atoms with Gasteiger partial charge in [0.05, 0.1) is 36.4 Å². The maximum absolute atomic E-state index is 11.8. The Kier molecular flexibility index (Phi) is 5.25. The van der Waals surface area contributed by atoms with Gasteiger partial charge >= 0.3 is 5.97 Å². The molecule has 1 N–H and O–H groups in total. The van der Waals surface area contributed by atoms with Crippen molar-refractivity contribution in [1.82, 2.24) is 4.90 Å². The Morgan fingerprint density at radius 1 is 1.41 bits per heavy atom. The molecule has 0 aliphatic carbocycles. The average Bonchev–Trinajstić information content (AvgIpc) is 3.00. The van der Waals surface area contributed by atoms with E-state index in [-0.39, 0.29) is 6.04 Å². The quantitative estimate of drug-likeness (QED) is 0.477. The van der Waals surface area contributed by atoms with Gasteiger partial charge in [-0.2, -0.15) is 0 Å². The van der Waals surface area contributed by atoms with Crippen LogP contribution < -0.4 is 4.74 Å². The van der Waals surface area contributed by atoms with E-state index in [1.165, 1.54) is 12.5 Å². The van der Waals surface area contributed by atoms with E-state index in [9.17, 15) is 9.90 Å². The summed E-state index contributed by atoms with van der Waals surface area (Å²) < 4.78 is 10.7. The van der Waals surface area contributed by atoms with Crippen LogP contribution in [-0.2, 0) is 15.1 Å². The Labute approximate surface area is 172 Å². The Morgan fingerprint density at radius 3 is 2.90 bits per heavy atom. The second-order valence-corrected chi connectivity index (χ2v) is 8.47. The number of methoxy groups -OCH3 is 1. The molecule has 3 heterocycles. The van der Waals surface area contributed by atoms with E-state index < -0.39 is 11.6 Å². The summed E-state index contributed by atoms with van der Waals surface area (Å²) in [6, 6.07) is 5.52. The Bertz CT molecular complexity index is 878. The monoisotopic (exact) mass is 398 g/mol. The second-order valence-electron chi connectivity index (χ2n) is 8.47. The first-order chi connectivity index (χ1) is 13.9. The van der Waals surface area contributed by atoms with Gasteiger partial charge < -0.3 is 14.6 Å². The summed E-state index contributed by atoms with van der Waals surface area (Å²) >= 11 is 0. The molecule has 3 aliphatic rings. The number of esters is 1. The molecule has 2 saturated heterocycles. The van der Waals surface area contributed by atoms with Crippen LogP contribution in [0.1, 0.15) is 45.6 Å². The van der Waals surface area contributed by atoms with Gasteiger partial charge in [0.25, 0.3) is 0 Å². The lowest BCUT2D eigenvalue weighted by molar-refractivity contribution is -0.132. The van der Waals surface area contributed by atoms with Crippen LogP contribution >= 0.6 is 0 Å². The van der Waals surface area contributed by atoms with Gasteiger partial charge in [0.1, 0.15) is 11.4 Å². The van der Waals surface area contributed by atoms with E-state index in [2.05, 4.69) is 18.7 Å². The van der Waals surface area contributed by atoms with Crippen LogP contribution in [0, 0.1) is 11.8 Å². The lowest BCUT2D eigenvalue weighted by atomic mass is 9.70. The minimum absolute atomic E-state index is 0.0688. The number of aliphatic hydroxyl groups is 1. The van der Waals surface area contributed by atoms with E-state index in [0.717, 1.165) is 31.6 Å². The number of nitrogens with zero attached hydrogens (tertiary/aromatic N) is 2. The van der Waals surface area contributed by atoms with Crippen LogP contribution in [0.3, 0.4) is 0 Å². The number of piperidine rings is 2. The summed E-state index contributed by atoms with van der Waals surface area (Å²) in [4.78, 5) is 18.9. The van der Waals surface area contributed by atoms with Crippen molar-refractivity contribution in [3.8, 4) is 5.75 Å². The Morgan fingerprint density at radius 2 is 2.21 bits per heavy atom. The van der Waals surface area contributed by atoms with Crippen LogP contribution in [0.2, 0.25) is 0 Å². The predicted molar refractivity (Wildman–Crippen MR) is 111 cm³/mol. The molecular formula is C23H30N2O4. The Hall–Kier alpha value is -2.18. The topological polar surface area (TPSA) is 71.4 Å². The number of carbonyl (C=O) groups is 1. The van der Waals surface area contributed by atoms with Gasteiger partial charge in [-0.15, -0.1) is 0 Å². The fourth-order valence-electron chi connectivity index (χ4n) is 5.44. The number of hydrogen-bond acceptors (Lipinski definition) is 6. The number of hydrogen-bond donors (Lipinski definition) is 1. The fraction of sp³-hybridized carbons (Fsp3) is 0.565. The van der Waals surface area contributed by atoms with Crippen molar-refractivity contribution < 1.29 is 19.4 Å². The summed E-state index contributed by atoms with van der Waals surface area (Å²) in [5.74, 6) is 0.975. The minimum Gasteiger partial charge on any atom is -0.504 e. The molecule has 4 atom stereocenters. The van der Waals surface area contributed by atoms with Crippen molar-refractivity contribution in [3.05, 3.63) is 35.6 Å². The molecule has 6 heteroatoms. The first kappa shape index (κ1) is 20.1. The van der Waals surface area contributed by atoms with Crippen molar-refractivity contribution in [3.63, 3.8) is 0 Å². The zero-order valence-corrected chi connectivity index (χ0v) is 17.6. The number of aliphatic imine (C=N–C) groups is 1. The number of ether oxygens (including phenoxy) is 2. The summed E-state index contributed by atoms with van der Waals surface area (Å²) in [5, 5.41) is 11.8. The third-order valence-electron chi connectivity index (χ3n) is 6.78. The van der Waals surface area contributed by atoms with E-state index in [0.29, 0.717) is 35.3 Å². The van der Waals surface area contributed by atoms with E-state index >= 15 is 0 Å². The van der Waals surface area contributed by atoms with Crippen LogP contribution in [0.15, 0.2) is 35.0 Å². The average molecular weight is 399 g/mol. The molecule has 2 fully saturated rings. The lowest BCUT2D eigenvalue weighted by Crippen LogP contribution is -2.60. The van der Waals surface area contributed by atoms with Crippen LogP contribution in [0.25, 0.3) is 0 Å². The van der Waals surface area contributed by atoms with Crippen molar-refractivity contribution in [2.24, 2.45) is 16.8 Å². The SMILES string of the molecule is CC[C@@H]1CN2CC[C@@]3(O)C(=Nc4cccc(OC(C)=O)c43)[C@@H]2C[C@@H]1/C(C)=C\OC. The largest absolute Gasteiger partial charge is 0.504 e. The lowest BCUT2D eigenvalue weighted by Gasteiger charge is -2.50. The van der Waals surface area contributed by atoms with Crippen LogP contribution in [-0.4, -0.2) is 47.9 Å². The minimum atomic E-state index is -1.18. The highest BCUT2D eigenvalue weighted by Gasteiger charge is 2.53. The molecule has 0 amide bonds. The molecule has 156 valence electrons. The number of benzene rings is 1. The standard InChI is InChI=1S/C23H30N2O4/c1-5-16-12-25-10-9-23(27)21-18(7-6-8-20(21)29-15(3)26)24-22(23)19(25)11-17(16)14(2)13-28-4/h6-8,13,16-17,19,27H,5,9-12H2,1-4H3/b14-13-/t16-,17-,19+,23+/m1/s1. The van der Waals surface area contributed by atoms with E-state index in [1.807, 2.05) is 18.4 Å². The molecule has 0 aromatic heterocycles.